The fourth-order valence-corrected chi connectivity index (χ4v) is 2.47. The SMILES string of the molecule is O=C(c1ccc(Cn2cc(Cl)cn2)cc1)N1CCOCC1. The molecule has 1 fully saturated rings. The molecular weight excluding hydrogens is 290 g/mol. The largest absolute Gasteiger partial charge is 0.378 e. The molecule has 0 radical (unpaired) electrons. The zero-order valence-corrected chi connectivity index (χ0v) is 12.3. The Labute approximate surface area is 128 Å². The van der Waals surface area contributed by atoms with Crippen molar-refractivity contribution in [3.63, 3.8) is 0 Å². The van der Waals surface area contributed by atoms with Crippen LogP contribution in [-0.2, 0) is 11.3 Å². The van der Waals surface area contributed by atoms with Gasteiger partial charge in [-0.1, -0.05) is 23.7 Å². The van der Waals surface area contributed by atoms with E-state index in [9.17, 15) is 4.79 Å². The minimum absolute atomic E-state index is 0.0620. The molecule has 2 aromatic rings. The number of aromatic nitrogens is 2. The monoisotopic (exact) mass is 305 g/mol. The second kappa shape index (κ2) is 6.28. The van der Waals surface area contributed by atoms with Gasteiger partial charge >= 0.3 is 0 Å². The van der Waals surface area contributed by atoms with Crippen molar-refractivity contribution in [1.29, 1.82) is 0 Å². The number of benzene rings is 1. The number of rotatable bonds is 3. The normalized spacial score (nSPS) is 15.2. The lowest BCUT2D eigenvalue weighted by molar-refractivity contribution is 0.0303. The van der Waals surface area contributed by atoms with Crippen molar-refractivity contribution in [3.05, 3.63) is 52.8 Å². The first-order chi connectivity index (χ1) is 10.2. The van der Waals surface area contributed by atoms with Crippen molar-refractivity contribution in [3.8, 4) is 0 Å². The lowest BCUT2D eigenvalue weighted by atomic mass is 10.1. The van der Waals surface area contributed by atoms with Gasteiger partial charge in [-0.2, -0.15) is 5.10 Å². The Bertz CT molecular complexity index is 618. The van der Waals surface area contributed by atoms with Crippen molar-refractivity contribution in [1.82, 2.24) is 14.7 Å². The van der Waals surface area contributed by atoms with Crippen LogP contribution in [0.3, 0.4) is 0 Å². The maximum Gasteiger partial charge on any atom is 0.254 e. The summed E-state index contributed by atoms with van der Waals surface area (Å²) in [4.78, 5) is 14.1. The van der Waals surface area contributed by atoms with Gasteiger partial charge in [-0.3, -0.25) is 9.48 Å². The van der Waals surface area contributed by atoms with Crippen LogP contribution in [0.4, 0.5) is 0 Å². The molecule has 2 heterocycles. The topological polar surface area (TPSA) is 47.4 Å². The standard InChI is InChI=1S/C15H16ClN3O2/c16-14-9-17-19(11-14)10-12-1-3-13(4-2-12)15(20)18-5-7-21-8-6-18/h1-4,9,11H,5-8,10H2. The third kappa shape index (κ3) is 3.43. The Hall–Kier alpha value is -1.85. The van der Waals surface area contributed by atoms with E-state index in [2.05, 4.69) is 5.10 Å². The molecule has 6 heteroatoms. The highest BCUT2D eigenvalue weighted by atomic mass is 35.5. The van der Waals surface area contributed by atoms with Gasteiger partial charge in [-0.05, 0) is 17.7 Å². The molecular formula is C15H16ClN3O2. The van der Waals surface area contributed by atoms with Crippen molar-refractivity contribution < 1.29 is 9.53 Å². The Morgan fingerprint density at radius 1 is 1.24 bits per heavy atom. The number of hydrogen-bond donors (Lipinski definition) is 0. The van der Waals surface area contributed by atoms with E-state index in [0.29, 0.717) is 43.4 Å². The van der Waals surface area contributed by atoms with E-state index in [1.807, 2.05) is 29.2 Å². The van der Waals surface area contributed by atoms with Crippen LogP contribution in [0.1, 0.15) is 15.9 Å². The molecule has 3 rings (SSSR count). The maximum atomic E-state index is 12.3. The molecule has 0 bridgehead atoms. The molecule has 5 nitrogen and oxygen atoms in total. The second-order valence-corrected chi connectivity index (χ2v) is 5.39. The number of amides is 1. The second-order valence-electron chi connectivity index (χ2n) is 4.96. The van der Waals surface area contributed by atoms with Crippen LogP contribution >= 0.6 is 11.6 Å². The van der Waals surface area contributed by atoms with Crippen LogP contribution in [0.15, 0.2) is 36.7 Å². The summed E-state index contributed by atoms with van der Waals surface area (Å²) in [6, 6.07) is 7.61. The molecule has 0 spiro atoms. The van der Waals surface area contributed by atoms with Gasteiger partial charge in [0.15, 0.2) is 0 Å². The molecule has 21 heavy (non-hydrogen) atoms. The zero-order chi connectivity index (χ0) is 14.7. The Kier molecular flexibility index (Phi) is 4.22. The van der Waals surface area contributed by atoms with Crippen LogP contribution in [0, 0.1) is 0 Å². The minimum Gasteiger partial charge on any atom is -0.378 e. The van der Waals surface area contributed by atoms with E-state index >= 15 is 0 Å². The highest BCUT2D eigenvalue weighted by molar-refractivity contribution is 6.30. The number of carbonyl (C=O) groups is 1. The van der Waals surface area contributed by atoms with Crippen LogP contribution in [-0.4, -0.2) is 46.9 Å². The van der Waals surface area contributed by atoms with Crippen LogP contribution in [0.5, 0.6) is 0 Å². The number of carbonyl (C=O) groups excluding carboxylic acids is 1. The fourth-order valence-electron chi connectivity index (χ4n) is 2.31. The summed E-state index contributed by atoms with van der Waals surface area (Å²) in [7, 11) is 0. The summed E-state index contributed by atoms with van der Waals surface area (Å²) in [5.41, 5.74) is 1.78. The summed E-state index contributed by atoms with van der Waals surface area (Å²) in [5.74, 6) is 0.0620. The van der Waals surface area contributed by atoms with Crippen molar-refractivity contribution in [2.24, 2.45) is 0 Å². The van der Waals surface area contributed by atoms with Gasteiger partial charge in [0.25, 0.3) is 5.91 Å². The van der Waals surface area contributed by atoms with E-state index < -0.39 is 0 Å². The summed E-state index contributed by atoms with van der Waals surface area (Å²) in [6.07, 6.45) is 3.38. The molecule has 0 atom stereocenters. The number of hydrogen-bond acceptors (Lipinski definition) is 3. The molecule has 1 saturated heterocycles. The maximum absolute atomic E-state index is 12.3. The van der Waals surface area contributed by atoms with Crippen LogP contribution in [0.2, 0.25) is 5.02 Å². The minimum atomic E-state index is 0.0620. The third-order valence-corrected chi connectivity index (χ3v) is 3.64. The molecule has 1 amide bonds. The average molecular weight is 306 g/mol. The Morgan fingerprint density at radius 2 is 1.95 bits per heavy atom. The van der Waals surface area contributed by atoms with Crippen molar-refractivity contribution >= 4 is 17.5 Å². The fraction of sp³-hybridized carbons (Fsp3) is 0.333. The number of ether oxygens (including phenoxy) is 1. The van der Waals surface area contributed by atoms with Gasteiger partial charge in [-0.25, -0.2) is 0 Å². The quantitative estimate of drug-likeness (QED) is 0.872. The molecule has 110 valence electrons. The van der Waals surface area contributed by atoms with Gasteiger partial charge in [0.1, 0.15) is 0 Å². The lowest BCUT2D eigenvalue weighted by Gasteiger charge is -2.26. The predicted octanol–water partition coefficient (Wildman–Crippen LogP) is 2.06. The summed E-state index contributed by atoms with van der Waals surface area (Å²) >= 11 is 5.84. The first kappa shape index (κ1) is 14.1. The Balaban J connectivity index is 1.67. The van der Waals surface area contributed by atoms with Crippen molar-refractivity contribution in [2.45, 2.75) is 6.54 Å². The van der Waals surface area contributed by atoms with Gasteiger partial charge in [0.05, 0.1) is 31.0 Å². The highest BCUT2D eigenvalue weighted by Gasteiger charge is 2.18. The number of halogens is 1. The summed E-state index contributed by atoms with van der Waals surface area (Å²) in [6.45, 7) is 3.19. The molecule has 1 aliphatic rings. The zero-order valence-electron chi connectivity index (χ0n) is 11.5. The van der Waals surface area contributed by atoms with E-state index in [4.69, 9.17) is 16.3 Å². The molecule has 1 aliphatic heterocycles. The predicted molar refractivity (Wildman–Crippen MR) is 79.5 cm³/mol. The molecule has 0 N–H and O–H groups in total. The van der Waals surface area contributed by atoms with Gasteiger partial charge < -0.3 is 9.64 Å². The number of nitrogens with zero attached hydrogens (tertiary/aromatic N) is 3. The third-order valence-electron chi connectivity index (χ3n) is 3.45. The van der Waals surface area contributed by atoms with Gasteiger partial charge in [0.2, 0.25) is 0 Å². The molecule has 0 unspecified atom stereocenters. The van der Waals surface area contributed by atoms with Crippen LogP contribution in [0.25, 0.3) is 0 Å². The number of morpholine rings is 1. The first-order valence-corrected chi connectivity index (χ1v) is 7.24. The van der Waals surface area contributed by atoms with Gasteiger partial charge in [-0.15, -0.1) is 0 Å². The van der Waals surface area contributed by atoms with Crippen LogP contribution < -0.4 is 0 Å². The molecule has 1 aromatic carbocycles. The molecule has 0 saturated carbocycles. The van der Waals surface area contributed by atoms with E-state index in [0.717, 1.165) is 5.56 Å². The summed E-state index contributed by atoms with van der Waals surface area (Å²) in [5, 5.41) is 4.76. The lowest BCUT2D eigenvalue weighted by Crippen LogP contribution is -2.40. The highest BCUT2D eigenvalue weighted by Crippen LogP contribution is 2.12. The Morgan fingerprint density at radius 3 is 2.57 bits per heavy atom. The van der Waals surface area contributed by atoms with E-state index in [1.54, 1.807) is 17.1 Å². The molecule has 1 aromatic heterocycles. The van der Waals surface area contributed by atoms with Gasteiger partial charge in [0, 0.05) is 24.8 Å². The summed E-state index contributed by atoms with van der Waals surface area (Å²) < 4.78 is 7.02. The van der Waals surface area contributed by atoms with E-state index in [1.165, 1.54) is 0 Å². The average Bonchev–Trinajstić information content (AvgIpc) is 2.93. The molecule has 0 aliphatic carbocycles. The first-order valence-electron chi connectivity index (χ1n) is 6.86. The smallest absolute Gasteiger partial charge is 0.254 e. The van der Waals surface area contributed by atoms with Crippen molar-refractivity contribution in [2.75, 3.05) is 26.3 Å². The van der Waals surface area contributed by atoms with E-state index in [-0.39, 0.29) is 5.91 Å².